The van der Waals surface area contributed by atoms with E-state index in [9.17, 15) is 0 Å². The van der Waals surface area contributed by atoms with Crippen molar-refractivity contribution in [1.82, 2.24) is 0 Å². The molecule has 9 aromatic rings. The fraction of sp³-hybridized carbons (Fsp3) is 0. The van der Waals surface area contributed by atoms with Crippen LogP contribution in [0.1, 0.15) is 0 Å². The summed E-state index contributed by atoms with van der Waals surface area (Å²) in [4.78, 5) is 2.48. The Morgan fingerprint density at radius 1 is 0.395 bits per heavy atom. The number of fused-ring (bicyclic) bond motifs is 7. The molecule has 43 heavy (non-hydrogen) atoms. The van der Waals surface area contributed by atoms with Crippen LogP contribution in [-0.4, -0.2) is 0 Å². The molecule has 0 radical (unpaired) electrons. The van der Waals surface area contributed by atoms with Gasteiger partial charge >= 0.3 is 0 Å². The second kappa shape index (κ2) is 9.81. The summed E-state index contributed by atoms with van der Waals surface area (Å²) in [6, 6.07) is 55.4. The van der Waals surface area contributed by atoms with Crippen molar-refractivity contribution in [2.45, 2.75) is 0 Å². The molecule has 0 atom stereocenters. The molecule has 1 nitrogen and oxygen atoms in total. The predicted octanol–water partition coefficient (Wildman–Crippen LogP) is 12.7. The standard InChI is InChI=1S/C40H25NS2/c1-2-11-26(12-3-1)30-15-6-8-18-35(30)41(29-21-22-32-31-16-7-9-20-37(31)42-39(32)25-29)36-19-10-17-33-34-23-27-13-4-5-14-28(27)24-38(34)43-40(33)36/h1-25H. The van der Waals surface area contributed by atoms with Gasteiger partial charge in [0.05, 0.1) is 16.1 Å². The summed E-state index contributed by atoms with van der Waals surface area (Å²) >= 11 is 3.76. The predicted molar refractivity (Wildman–Crippen MR) is 190 cm³/mol. The zero-order chi connectivity index (χ0) is 28.3. The van der Waals surface area contributed by atoms with E-state index in [4.69, 9.17) is 0 Å². The third-order valence-electron chi connectivity index (χ3n) is 8.44. The van der Waals surface area contributed by atoms with Crippen LogP contribution in [0.3, 0.4) is 0 Å². The normalized spacial score (nSPS) is 11.7. The summed E-state index contributed by atoms with van der Waals surface area (Å²) in [5, 5.41) is 7.81. The molecule has 3 heteroatoms. The van der Waals surface area contributed by atoms with Gasteiger partial charge in [-0.1, -0.05) is 109 Å². The summed E-state index contributed by atoms with van der Waals surface area (Å²) in [6.07, 6.45) is 0. The Morgan fingerprint density at radius 3 is 1.98 bits per heavy atom. The molecule has 0 saturated heterocycles. The van der Waals surface area contributed by atoms with Crippen LogP contribution in [0.2, 0.25) is 0 Å². The van der Waals surface area contributed by atoms with Crippen LogP contribution in [0.25, 0.3) is 62.2 Å². The van der Waals surface area contributed by atoms with Gasteiger partial charge in [0.1, 0.15) is 0 Å². The van der Waals surface area contributed by atoms with E-state index < -0.39 is 0 Å². The molecule has 202 valence electrons. The number of para-hydroxylation sites is 1. The van der Waals surface area contributed by atoms with Crippen LogP contribution in [0.5, 0.6) is 0 Å². The van der Waals surface area contributed by atoms with E-state index in [0.29, 0.717) is 0 Å². The molecule has 0 bridgehead atoms. The van der Waals surface area contributed by atoms with Crippen molar-refractivity contribution in [3.63, 3.8) is 0 Å². The molecule has 9 rings (SSSR count). The third-order valence-corrected chi connectivity index (χ3v) is 10.8. The van der Waals surface area contributed by atoms with E-state index in [1.54, 1.807) is 0 Å². The molecule has 0 aliphatic rings. The second-order valence-electron chi connectivity index (χ2n) is 10.9. The molecule has 2 heterocycles. The van der Waals surface area contributed by atoms with E-state index in [0.717, 1.165) is 5.69 Å². The number of hydrogen-bond acceptors (Lipinski definition) is 3. The minimum absolute atomic E-state index is 1.16. The zero-order valence-electron chi connectivity index (χ0n) is 23.2. The first-order valence-corrected chi connectivity index (χ1v) is 16.1. The number of nitrogens with zero attached hydrogens (tertiary/aromatic N) is 1. The average Bonchev–Trinajstić information content (AvgIpc) is 3.62. The van der Waals surface area contributed by atoms with Crippen molar-refractivity contribution in [3.8, 4) is 11.1 Å². The van der Waals surface area contributed by atoms with E-state index in [-0.39, 0.29) is 0 Å². The maximum absolute atomic E-state index is 2.48. The maximum Gasteiger partial charge on any atom is 0.0640 e. The first kappa shape index (κ1) is 24.6. The molecule has 0 unspecified atom stereocenters. The lowest BCUT2D eigenvalue weighted by atomic mass is 10.0. The third kappa shape index (κ3) is 3.97. The second-order valence-corrected chi connectivity index (χ2v) is 13.1. The van der Waals surface area contributed by atoms with Crippen molar-refractivity contribution in [2.24, 2.45) is 0 Å². The average molecular weight is 584 g/mol. The van der Waals surface area contributed by atoms with E-state index in [2.05, 4.69) is 157 Å². The highest BCUT2D eigenvalue weighted by atomic mass is 32.1. The quantitative estimate of drug-likeness (QED) is 0.199. The van der Waals surface area contributed by atoms with Gasteiger partial charge < -0.3 is 4.90 Å². The Kier molecular flexibility index (Phi) is 5.62. The summed E-state index contributed by atoms with van der Waals surface area (Å²) < 4.78 is 5.24. The first-order valence-electron chi connectivity index (χ1n) is 14.5. The molecule has 0 saturated carbocycles. The van der Waals surface area contributed by atoms with Crippen molar-refractivity contribution in [2.75, 3.05) is 4.90 Å². The summed E-state index contributed by atoms with van der Waals surface area (Å²) in [5.41, 5.74) is 5.96. The van der Waals surface area contributed by atoms with Crippen LogP contribution in [-0.2, 0) is 0 Å². The molecule has 2 aromatic heterocycles. The van der Waals surface area contributed by atoms with Crippen LogP contribution in [0.4, 0.5) is 17.1 Å². The Labute approximate surface area is 257 Å². The lowest BCUT2D eigenvalue weighted by molar-refractivity contribution is 1.31. The van der Waals surface area contributed by atoms with E-state index in [1.807, 2.05) is 22.7 Å². The molecule has 0 spiro atoms. The summed E-state index contributed by atoms with van der Waals surface area (Å²) in [7, 11) is 0. The van der Waals surface area contributed by atoms with Gasteiger partial charge in [0, 0.05) is 46.9 Å². The molecule has 7 aromatic carbocycles. The molecule has 0 aliphatic carbocycles. The fourth-order valence-electron chi connectivity index (χ4n) is 6.44. The van der Waals surface area contributed by atoms with Gasteiger partial charge in [-0.05, 0) is 58.8 Å². The highest BCUT2D eigenvalue weighted by molar-refractivity contribution is 7.26. The van der Waals surface area contributed by atoms with Crippen molar-refractivity contribution >= 4 is 90.9 Å². The van der Waals surface area contributed by atoms with Crippen LogP contribution in [0.15, 0.2) is 152 Å². The highest BCUT2D eigenvalue weighted by Gasteiger charge is 2.21. The van der Waals surface area contributed by atoms with E-state index in [1.165, 1.54) is 73.6 Å². The lowest BCUT2D eigenvalue weighted by Gasteiger charge is -2.28. The molecule has 0 N–H and O–H groups in total. The molecule has 0 fully saturated rings. The van der Waals surface area contributed by atoms with Gasteiger partial charge in [-0.2, -0.15) is 0 Å². The number of anilines is 3. The molecule has 0 amide bonds. The van der Waals surface area contributed by atoms with Gasteiger partial charge in [0.2, 0.25) is 0 Å². The Morgan fingerprint density at radius 2 is 1.07 bits per heavy atom. The minimum Gasteiger partial charge on any atom is -0.308 e. The minimum atomic E-state index is 1.16. The first-order chi connectivity index (χ1) is 21.3. The van der Waals surface area contributed by atoms with Gasteiger partial charge in [0.25, 0.3) is 0 Å². The van der Waals surface area contributed by atoms with E-state index >= 15 is 0 Å². The fourth-order valence-corrected chi connectivity index (χ4v) is 8.81. The SMILES string of the molecule is c1ccc(-c2ccccc2N(c2ccc3c(c2)sc2ccccc23)c2cccc3c2sc2cc4ccccc4cc23)cc1. The van der Waals surface area contributed by atoms with Crippen LogP contribution in [0, 0.1) is 0 Å². The van der Waals surface area contributed by atoms with Crippen molar-refractivity contribution < 1.29 is 0 Å². The van der Waals surface area contributed by atoms with Gasteiger partial charge in [-0.25, -0.2) is 0 Å². The zero-order valence-corrected chi connectivity index (χ0v) is 24.8. The topological polar surface area (TPSA) is 3.24 Å². The van der Waals surface area contributed by atoms with Crippen molar-refractivity contribution in [3.05, 3.63) is 152 Å². The lowest BCUT2D eigenvalue weighted by Crippen LogP contribution is -2.11. The Balaban J connectivity index is 1.35. The maximum atomic E-state index is 2.48. The van der Waals surface area contributed by atoms with Gasteiger partial charge in [0.15, 0.2) is 0 Å². The number of rotatable bonds is 4. The summed E-state index contributed by atoms with van der Waals surface area (Å²) in [5.74, 6) is 0. The Hall–Kier alpha value is -4.96. The smallest absolute Gasteiger partial charge is 0.0640 e. The molecule has 0 aliphatic heterocycles. The monoisotopic (exact) mass is 583 g/mol. The van der Waals surface area contributed by atoms with Crippen molar-refractivity contribution in [1.29, 1.82) is 0 Å². The largest absolute Gasteiger partial charge is 0.308 e. The van der Waals surface area contributed by atoms with Crippen LogP contribution >= 0.6 is 22.7 Å². The molecular formula is C40H25NS2. The summed E-state index contributed by atoms with van der Waals surface area (Å²) in [6.45, 7) is 0. The van der Waals surface area contributed by atoms with Gasteiger partial charge in [-0.3, -0.25) is 0 Å². The van der Waals surface area contributed by atoms with Crippen LogP contribution < -0.4 is 4.90 Å². The number of thiophene rings is 2. The number of hydrogen-bond donors (Lipinski definition) is 0. The Bertz CT molecular complexity index is 2470. The molecular weight excluding hydrogens is 559 g/mol. The highest BCUT2D eigenvalue weighted by Crippen LogP contribution is 2.48. The van der Waals surface area contributed by atoms with Gasteiger partial charge in [-0.15, -0.1) is 22.7 Å². The number of benzene rings is 7.